The molecule has 0 aliphatic heterocycles. The largest absolute Gasteiger partial charge is 0.480 e. The lowest BCUT2D eigenvalue weighted by molar-refractivity contribution is -0.141. The van der Waals surface area contributed by atoms with Crippen LogP contribution in [0.1, 0.15) is 19.4 Å². The van der Waals surface area contributed by atoms with Crippen molar-refractivity contribution in [3.8, 4) is 0 Å². The molecule has 1 aromatic rings. The molecule has 2 amide bonds. The summed E-state index contributed by atoms with van der Waals surface area (Å²) in [5, 5.41) is 15.6. The fraction of sp³-hybridized carbons (Fsp3) is 0.500. The van der Waals surface area contributed by atoms with E-state index in [1.165, 1.54) is 24.4 Å². The lowest BCUT2D eigenvalue weighted by Gasteiger charge is -2.24. The van der Waals surface area contributed by atoms with Gasteiger partial charge >= 0.3 is 12.0 Å². The van der Waals surface area contributed by atoms with E-state index in [1.807, 2.05) is 23.8 Å². The summed E-state index contributed by atoms with van der Waals surface area (Å²) in [5.74, 6) is -1.02. The van der Waals surface area contributed by atoms with Crippen LogP contribution in [-0.2, 0) is 11.2 Å². The smallest absolute Gasteiger partial charge is 0.326 e. The summed E-state index contributed by atoms with van der Waals surface area (Å²) in [6, 6.07) is 0.776. The van der Waals surface area contributed by atoms with E-state index in [2.05, 4.69) is 5.32 Å². The number of thiophene rings is 1. The summed E-state index contributed by atoms with van der Waals surface area (Å²) >= 11 is 1.61. The van der Waals surface area contributed by atoms with Crippen LogP contribution in [0, 0.1) is 0 Å². The molecule has 1 rings (SSSR count). The predicted molar refractivity (Wildman–Crippen MR) is 70.9 cm³/mol. The molecule has 2 unspecified atom stereocenters. The molecule has 2 atom stereocenters. The Morgan fingerprint density at radius 2 is 2.17 bits per heavy atom. The number of hydrogen-bond acceptors (Lipinski definition) is 3. The van der Waals surface area contributed by atoms with Crippen molar-refractivity contribution in [1.29, 1.82) is 0 Å². The Hall–Kier alpha value is -1.56. The van der Waals surface area contributed by atoms with Gasteiger partial charge in [0.2, 0.25) is 0 Å². The molecular weight excluding hydrogens is 252 g/mol. The van der Waals surface area contributed by atoms with Gasteiger partial charge in [0.15, 0.2) is 0 Å². The highest BCUT2D eigenvalue weighted by atomic mass is 32.1. The van der Waals surface area contributed by atoms with Gasteiger partial charge in [0.1, 0.15) is 6.04 Å². The van der Waals surface area contributed by atoms with Crippen molar-refractivity contribution in [3.63, 3.8) is 0 Å². The normalized spacial score (nSPS) is 13.7. The molecule has 0 aromatic carbocycles. The summed E-state index contributed by atoms with van der Waals surface area (Å²) in [5.41, 5.74) is 1.17. The third-order valence-electron chi connectivity index (χ3n) is 2.75. The van der Waals surface area contributed by atoms with Gasteiger partial charge in [0.05, 0.1) is 0 Å². The summed E-state index contributed by atoms with van der Waals surface area (Å²) in [6.07, 6.45) is 0.741. The van der Waals surface area contributed by atoms with Crippen LogP contribution < -0.4 is 5.32 Å². The number of aliphatic carboxylic acids is 1. The molecule has 0 aliphatic rings. The molecule has 0 bridgehead atoms. The lowest BCUT2D eigenvalue weighted by atomic mass is 10.1. The molecule has 5 nitrogen and oxygen atoms in total. The standard InChI is InChI=1S/C12H18N2O3S/c1-8(6-10-4-5-18-7-10)13-12(17)14(3)9(2)11(15)16/h4-5,7-9H,6H2,1-3H3,(H,13,17)(H,15,16). The number of rotatable bonds is 5. The third-order valence-corrected chi connectivity index (χ3v) is 3.48. The fourth-order valence-electron chi connectivity index (χ4n) is 1.47. The van der Waals surface area contributed by atoms with Crippen molar-refractivity contribution in [1.82, 2.24) is 10.2 Å². The summed E-state index contributed by atoms with van der Waals surface area (Å²) in [4.78, 5) is 23.7. The maximum Gasteiger partial charge on any atom is 0.326 e. The van der Waals surface area contributed by atoms with Crippen molar-refractivity contribution < 1.29 is 14.7 Å². The maximum atomic E-state index is 11.8. The Bertz CT molecular complexity index is 405. The van der Waals surface area contributed by atoms with Crippen LogP contribution in [0.15, 0.2) is 16.8 Å². The van der Waals surface area contributed by atoms with Crippen molar-refractivity contribution in [2.45, 2.75) is 32.4 Å². The van der Waals surface area contributed by atoms with Gasteiger partial charge < -0.3 is 15.3 Å². The fourth-order valence-corrected chi connectivity index (χ4v) is 2.15. The number of urea groups is 1. The molecule has 1 heterocycles. The summed E-state index contributed by atoms with van der Waals surface area (Å²) in [6.45, 7) is 3.38. The topological polar surface area (TPSA) is 69.6 Å². The predicted octanol–water partition coefficient (Wildman–Crippen LogP) is 1.79. The van der Waals surface area contributed by atoms with Crippen molar-refractivity contribution in [2.24, 2.45) is 0 Å². The number of hydrogen-bond donors (Lipinski definition) is 2. The molecule has 6 heteroatoms. The number of carboxylic acids is 1. The van der Waals surface area contributed by atoms with E-state index in [1.54, 1.807) is 11.3 Å². The Morgan fingerprint density at radius 1 is 1.50 bits per heavy atom. The van der Waals surface area contributed by atoms with Crippen LogP contribution in [0.3, 0.4) is 0 Å². The van der Waals surface area contributed by atoms with Gasteiger partial charge in [-0.3, -0.25) is 0 Å². The lowest BCUT2D eigenvalue weighted by Crippen LogP contribution is -2.48. The van der Waals surface area contributed by atoms with Crippen molar-refractivity contribution >= 4 is 23.3 Å². The highest BCUT2D eigenvalue weighted by Crippen LogP contribution is 2.08. The zero-order valence-corrected chi connectivity index (χ0v) is 11.5. The molecule has 100 valence electrons. The van der Waals surface area contributed by atoms with E-state index >= 15 is 0 Å². The van der Waals surface area contributed by atoms with E-state index in [-0.39, 0.29) is 12.1 Å². The molecule has 0 saturated heterocycles. The van der Waals surface area contributed by atoms with Crippen LogP contribution in [-0.4, -0.2) is 41.1 Å². The SMILES string of the molecule is CC(Cc1ccsc1)NC(=O)N(C)C(C)C(=O)O. The van der Waals surface area contributed by atoms with Crippen LogP contribution in [0.25, 0.3) is 0 Å². The van der Waals surface area contributed by atoms with Crippen LogP contribution in [0.5, 0.6) is 0 Å². The van der Waals surface area contributed by atoms with E-state index in [0.717, 1.165) is 6.42 Å². The second-order valence-electron chi connectivity index (χ2n) is 4.31. The average Bonchev–Trinajstić information content (AvgIpc) is 2.79. The minimum atomic E-state index is -1.02. The van der Waals surface area contributed by atoms with Gasteiger partial charge in [0.25, 0.3) is 0 Å². The first-order chi connectivity index (χ1) is 8.41. The Balaban J connectivity index is 2.46. The van der Waals surface area contributed by atoms with E-state index < -0.39 is 12.0 Å². The second-order valence-corrected chi connectivity index (χ2v) is 5.09. The highest BCUT2D eigenvalue weighted by Gasteiger charge is 2.22. The summed E-state index contributed by atoms with van der Waals surface area (Å²) in [7, 11) is 1.48. The first-order valence-electron chi connectivity index (χ1n) is 5.69. The quantitative estimate of drug-likeness (QED) is 0.857. The molecule has 18 heavy (non-hydrogen) atoms. The van der Waals surface area contributed by atoms with E-state index in [9.17, 15) is 9.59 Å². The first-order valence-corrected chi connectivity index (χ1v) is 6.63. The number of nitrogens with one attached hydrogen (secondary N) is 1. The highest BCUT2D eigenvalue weighted by molar-refractivity contribution is 7.07. The molecule has 2 N–H and O–H groups in total. The van der Waals surface area contributed by atoms with Gasteiger partial charge in [-0.15, -0.1) is 0 Å². The molecule has 0 radical (unpaired) electrons. The average molecular weight is 270 g/mol. The Labute approximate surface area is 110 Å². The third kappa shape index (κ3) is 4.03. The van der Waals surface area contributed by atoms with Crippen LogP contribution >= 0.6 is 11.3 Å². The van der Waals surface area contributed by atoms with Gasteiger partial charge in [-0.25, -0.2) is 9.59 Å². The molecule has 0 aliphatic carbocycles. The zero-order chi connectivity index (χ0) is 13.7. The number of carbonyl (C=O) groups is 2. The van der Waals surface area contributed by atoms with Gasteiger partial charge in [0, 0.05) is 13.1 Å². The second kappa shape index (κ2) is 6.39. The number of likely N-dealkylation sites (N-methyl/N-ethyl adjacent to an activating group) is 1. The Morgan fingerprint density at radius 3 is 2.67 bits per heavy atom. The van der Waals surface area contributed by atoms with Crippen LogP contribution in [0.2, 0.25) is 0 Å². The van der Waals surface area contributed by atoms with Gasteiger partial charge in [-0.05, 0) is 42.7 Å². The van der Waals surface area contributed by atoms with Gasteiger partial charge in [-0.2, -0.15) is 11.3 Å². The number of carbonyl (C=O) groups excluding carboxylic acids is 1. The number of carboxylic acid groups (broad SMARTS) is 1. The van der Waals surface area contributed by atoms with E-state index in [4.69, 9.17) is 5.11 Å². The zero-order valence-electron chi connectivity index (χ0n) is 10.7. The molecular formula is C12H18N2O3S. The molecule has 1 aromatic heterocycles. The van der Waals surface area contributed by atoms with Crippen LogP contribution in [0.4, 0.5) is 4.79 Å². The summed E-state index contributed by atoms with van der Waals surface area (Å²) < 4.78 is 0. The minimum absolute atomic E-state index is 0.0319. The van der Waals surface area contributed by atoms with Crippen molar-refractivity contribution in [2.75, 3.05) is 7.05 Å². The number of amides is 2. The monoisotopic (exact) mass is 270 g/mol. The molecule has 0 saturated carbocycles. The van der Waals surface area contributed by atoms with Crippen molar-refractivity contribution in [3.05, 3.63) is 22.4 Å². The Kier molecular flexibility index (Phi) is 5.15. The number of nitrogens with zero attached hydrogens (tertiary/aromatic N) is 1. The van der Waals surface area contributed by atoms with Gasteiger partial charge in [-0.1, -0.05) is 0 Å². The molecule has 0 fully saturated rings. The molecule has 0 spiro atoms. The minimum Gasteiger partial charge on any atom is -0.480 e. The first kappa shape index (κ1) is 14.5. The maximum absolute atomic E-state index is 11.8. The van der Waals surface area contributed by atoms with E-state index in [0.29, 0.717) is 0 Å².